The number of nitrogens with zero attached hydrogens (tertiary/aromatic N) is 1. The first kappa shape index (κ1) is 18.1. The number of rotatable bonds is 9. The fraction of sp³-hybridized carbons (Fsp3) is 0.600. The number of nitrogens with one attached hydrogen (secondary N) is 1. The van der Waals surface area contributed by atoms with Gasteiger partial charge < -0.3 is 10.1 Å². The van der Waals surface area contributed by atoms with E-state index in [-0.39, 0.29) is 6.04 Å². The van der Waals surface area contributed by atoms with Crippen LogP contribution in [0.15, 0.2) is 29.2 Å². The van der Waals surface area contributed by atoms with Crippen LogP contribution in [0.1, 0.15) is 32.4 Å². The van der Waals surface area contributed by atoms with Gasteiger partial charge in [-0.2, -0.15) is 4.31 Å². The number of likely N-dealkylation sites (N-methyl/N-ethyl adjacent to an activating group) is 1. The molecule has 1 unspecified atom stereocenters. The third-order valence-corrected chi connectivity index (χ3v) is 5.48. The molecule has 1 N–H and O–H groups in total. The SMILES string of the molecule is CCOCCN(CC)S(=O)(=O)c1ccc(C(C)NC)cc1. The van der Waals surface area contributed by atoms with Crippen molar-refractivity contribution in [2.24, 2.45) is 0 Å². The lowest BCUT2D eigenvalue weighted by Gasteiger charge is -2.20. The number of hydrogen-bond donors (Lipinski definition) is 1. The van der Waals surface area contributed by atoms with Crippen LogP contribution >= 0.6 is 0 Å². The molecule has 120 valence electrons. The second kappa shape index (κ2) is 8.48. The molecule has 0 aliphatic heterocycles. The standard InChI is InChI=1S/C15H26N2O3S/c1-5-17(11-12-20-6-2)21(18,19)15-9-7-14(8-10-15)13(3)16-4/h7-10,13,16H,5-6,11-12H2,1-4H3. The van der Waals surface area contributed by atoms with Crippen LogP contribution in [0, 0.1) is 0 Å². The lowest BCUT2D eigenvalue weighted by molar-refractivity contribution is 0.135. The monoisotopic (exact) mass is 314 g/mol. The van der Waals surface area contributed by atoms with E-state index in [0.717, 1.165) is 5.56 Å². The summed E-state index contributed by atoms with van der Waals surface area (Å²) >= 11 is 0. The summed E-state index contributed by atoms with van der Waals surface area (Å²) in [6.45, 7) is 7.58. The molecule has 5 nitrogen and oxygen atoms in total. The van der Waals surface area contributed by atoms with E-state index in [4.69, 9.17) is 4.74 Å². The fourth-order valence-corrected chi connectivity index (χ4v) is 3.44. The minimum absolute atomic E-state index is 0.196. The second-order valence-electron chi connectivity index (χ2n) is 4.77. The molecule has 0 aliphatic carbocycles. The molecule has 1 atom stereocenters. The van der Waals surface area contributed by atoms with Gasteiger partial charge in [0.25, 0.3) is 0 Å². The second-order valence-corrected chi connectivity index (χ2v) is 6.71. The maximum Gasteiger partial charge on any atom is 0.243 e. The normalized spacial score (nSPS) is 13.6. The van der Waals surface area contributed by atoms with Gasteiger partial charge in [0.2, 0.25) is 10.0 Å². The zero-order valence-electron chi connectivity index (χ0n) is 13.3. The van der Waals surface area contributed by atoms with Gasteiger partial charge in [0.15, 0.2) is 0 Å². The van der Waals surface area contributed by atoms with Crippen LogP contribution in [0.3, 0.4) is 0 Å². The van der Waals surface area contributed by atoms with Crippen molar-refractivity contribution in [1.82, 2.24) is 9.62 Å². The highest BCUT2D eigenvalue weighted by Gasteiger charge is 2.22. The van der Waals surface area contributed by atoms with Crippen molar-refractivity contribution in [3.05, 3.63) is 29.8 Å². The van der Waals surface area contributed by atoms with Gasteiger partial charge in [-0.1, -0.05) is 19.1 Å². The first-order chi connectivity index (χ1) is 9.97. The molecule has 0 radical (unpaired) electrons. The van der Waals surface area contributed by atoms with Crippen molar-refractivity contribution in [2.45, 2.75) is 31.7 Å². The lowest BCUT2D eigenvalue weighted by atomic mass is 10.1. The first-order valence-corrected chi connectivity index (χ1v) is 8.76. The Balaban J connectivity index is 2.89. The minimum Gasteiger partial charge on any atom is -0.380 e. The van der Waals surface area contributed by atoms with Gasteiger partial charge in [-0.15, -0.1) is 0 Å². The molecular formula is C15H26N2O3S. The summed E-state index contributed by atoms with van der Waals surface area (Å²) < 4.78 is 31.8. The van der Waals surface area contributed by atoms with Crippen molar-refractivity contribution in [3.63, 3.8) is 0 Å². The van der Waals surface area contributed by atoms with E-state index in [1.165, 1.54) is 4.31 Å². The summed E-state index contributed by atoms with van der Waals surface area (Å²) in [6, 6.07) is 7.24. The van der Waals surface area contributed by atoms with Crippen LogP contribution in [-0.4, -0.2) is 46.1 Å². The summed E-state index contributed by atoms with van der Waals surface area (Å²) in [5.74, 6) is 0. The number of benzene rings is 1. The highest BCUT2D eigenvalue weighted by Crippen LogP contribution is 2.19. The quantitative estimate of drug-likeness (QED) is 0.709. The molecule has 1 rings (SSSR count). The Morgan fingerprint density at radius 3 is 2.33 bits per heavy atom. The van der Waals surface area contributed by atoms with Gasteiger partial charge in [-0.3, -0.25) is 0 Å². The molecule has 21 heavy (non-hydrogen) atoms. The molecule has 6 heteroatoms. The molecule has 0 aromatic heterocycles. The number of ether oxygens (including phenoxy) is 1. The smallest absolute Gasteiger partial charge is 0.243 e. The van der Waals surface area contributed by atoms with Gasteiger partial charge in [0.1, 0.15) is 0 Å². The maximum atomic E-state index is 12.6. The molecule has 0 amide bonds. The molecule has 0 saturated heterocycles. The van der Waals surface area contributed by atoms with E-state index in [1.54, 1.807) is 12.1 Å². The van der Waals surface area contributed by atoms with Crippen LogP contribution in [0.4, 0.5) is 0 Å². The van der Waals surface area contributed by atoms with Crippen LogP contribution in [0.5, 0.6) is 0 Å². The van der Waals surface area contributed by atoms with Crippen molar-refractivity contribution in [1.29, 1.82) is 0 Å². The van der Waals surface area contributed by atoms with Crippen LogP contribution in [0.25, 0.3) is 0 Å². The fourth-order valence-electron chi connectivity index (χ4n) is 2.00. The van der Waals surface area contributed by atoms with Gasteiger partial charge in [0.05, 0.1) is 11.5 Å². The average Bonchev–Trinajstić information content (AvgIpc) is 2.50. The summed E-state index contributed by atoms with van der Waals surface area (Å²) in [6.07, 6.45) is 0. The summed E-state index contributed by atoms with van der Waals surface area (Å²) in [5.41, 5.74) is 1.06. The zero-order valence-corrected chi connectivity index (χ0v) is 14.1. The molecule has 0 fully saturated rings. The molecule has 0 spiro atoms. The highest BCUT2D eigenvalue weighted by atomic mass is 32.2. The summed E-state index contributed by atoms with van der Waals surface area (Å²) in [5, 5.41) is 3.13. The van der Waals surface area contributed by atoms with Crippen molar-refractivity contribution in [2.75, 3.05) is 33.4 Å². The Morgan fingerprint density at radius 2 is 1.86 bits per heavy atom. The molecular weight excluding hydrogens is 288 g/mol. The van der Waals surface area contributed by atoms with Gasteiger partial charge in [-0.05, 0) is 38.6 Å². The predicted octanol–water partition coefficient (Wildman–Crippen LogP) is 2.01. The highest BCUT2D eigenvalue weighted by molar-refractivity contribution is 7.89. The summed E-state index contributed by atoms with van der Waals surface area (Å²) in [4.78, 5) is 0.327. The van der Waals surface area contributed by atoms with E-state index in [1.807, 2.05) is 40.0 Å². The Morgan fingerprint density at radius 1 is 1.24 bits per heavy atom. The summed E-state index contributed by atoms with van der Waals surface area (Å²) in [7, 11) is -1.57. The number of sulfonamides is 1. The van der Waals surface area contributed by atoms with Gasteiger partial charge >= 0.3 is 0 Å². The third kappa shape index (κ3) is 4.78. The zero-order chi connectivity index (χ0) is 15.9. The van der Waals surface area contributed by atoms with E-state index in [2.05, 4.69) is 5.32 Å². The van der Waals surface area contributed by atoms with Crippen molar-refractivity contribution >= 4 is 10.0 Å². The topological polar surface area (TPSA) is 58.6 Å². The Kier molecular flexibility index (Phi) is 7.31. The van der Waals surface area contributed by atoms with Crippen LogP contribution in [-0.2, 0) is 14.8 Å². The Hall–Kier alpha value is -0.950. The molecule has 0 saturated carbocycles. The van der Waals surface area contributed by atoms with E-state index in [0.29, 0.717) is 31.2 Å². The maximum absolute atomic E-state index is 12.6. The predicted molar refractivity (Wildman–Crippen MR) is 84.8 cm³/mol. The van der Waals surface area contributed by atoms with E-state index in [9.17, 15) is 8.42 Å². The average molecular weight is 314 g/mol. The Bertz CT molecular complexity index is 514. The molecule has 0 bridgehead atoms. The third-order valence-electron chi connectivity index (χ3n) is 3.49. The first-order valence-electron chi connectivity index (χ1n) is 7.32. The molecule has 0 heterocycles. The van der Waals surface area contributed by atoms with E-state index < -0.39 is 10.0 Å². The van der Waals surface area contributed by atoms with Crippen molar-refractivity contribution in [3.8, 4) is 0 Å². The van der Waals surface area contributed by atoms with Gasteiger partial charge in [0, 0.05) is 25.7 Å². The van der Waals surface area contributed by atoms with Crippen LogP contribution < -0.4 is 5.32 Å². The lowest BCUT2D eigenvalue weighted by Crippen LogP contribution is -2.34. The molecule has 1 aromatic rings. The van der Waals surface area contributed by atoms with Crippen LogP contribution in [0.2, 0.25) is 0 Å². The van der Waals surface area contributed by atoms with Gasteiger partial charge in [-0.25, -0.2) is 8.42 Å². The number of hydrogen-bond acceptors (Lipinski definition) is 4. The largest absolute Gasteiger partial charge is 0.380 e. The molecule has 1 aromatic carbocycles. The molecule has 0 aliphatic rings. The minimum atomic E-state index is -3.45. The van der Waals surface area contributed by atoms with Crippen molar-refractivity contribution < 1.29 is 13.2 Å². The Labute approximate surface area is 128 Å². The van der Waals surface area contributed by atoms with E-state index >= 15 is 0 Å².